The maximum absolute atomic E-state index is 13.4. The molecule has 0 spiro atoms. The molecule has 24 heavy (non-hydrogen) atoms. The van der Waals surface area contributed by atoms with E-state index in [4.69, 9.17) is 5.73 Å². The predicted molar refractivity (Wildman–Crippen MR) is 77.7 cm³/mol. The third-order valence-corrected chi connectivity index (χ3v) is 2.90. The second-order valence-corrected chi connectivity index (χ2v) is 4.62. The Labute approximate surface area is 133 Å². The van der Waals surface area contributed by atoms with Crippen molar-refractivity contribution in [2.75, 3.05) is 17.7 Å². The number of hydrogen-bond donors (Lipinski definition) is 3. The molecule has 2 aromatic rings. The third-order valence-electron chi connectivity index (χ3n) is 2.90. The summed E-state index contributed by atoms with van der Waals surface area (Å²) in [6.07, 6.45) is 0. The molecule has 0 saturated heterocycles. The molecule has 6 nitrogen and oxygen atoms in total. The van der Waals surface area contributed by atoms with E-state index >= 15 is 0 Å². The van der Waals surface area contributed by atoms with Crippen LogP contribution in [0.2, 0.25) is 0 Å². The van der Waals surface area contributed by atoms with Crippen molar-refractivity contribution in [2.45, 2.75) is 0 Å². The Bertz CT molecular complexity index is 812. The summed E-state index contributed by atoms with van der Waals surface area (Å²) < 4.78 is 43.9. The van der Waals surface area contributed by atoms with Crippen molar-refractivity contribution in [1.82, 2.24) is 0 Å². The van der Waals surface area contributed by atoms with Gasteiger partial charge in [-0.15, -0.1) is 0 Å². The predicted octanol–water partition coefficient (Wildman–Crippen LogP) is 2.19. The fourth-order valence-electron chi connectivity index (χ4n) is 1.74. The first kappa shape index (κ1) is 17.1. The highest BCUT2D eigenvalue weighted by Crippen LogP contribution is 2.20. The van der Waals surface area contributed by atoms with Gasteiger partial charge in [-0.2, -0.15) is 0 Å². The van der Waals surface area contributed by atoms with Gasteiger partial charge in [0.15, 0.2) is 24.1 Å². The van der Waals surface area contributed by atoms with Gasteiger partial charge in [0, 0.05) is 5.69 Å². The molecule has 0 heterocycles. The highest BCUT2D eigenvalue weighted by molar-refractivity contribution is 5.98. The minimum Gasteiger partial charge on any atom is -0.508 e. The number of hydrogen-bond acceptors (Lipinski definition) is 5. The molecule has 9 heteroatoms. The van der Waals surface area contributed by atoms with Crippen LogP contribution >= 0.6 is 0 Å². The lowest BCUT2D eigenvalue weighted by Crippen LogP contribution is -2.22. The summed E-state index contributed by atoms with van der Waals surface area (Å²) in [5.41, 5.74) is 4.78. The number of esters is 1. The number of carbonyl (C=O) groups excluding carboxylic acids is 2. The first-order valence-electron chi connectivity index (χ1n) is 6.48. The van der Waals surface area contributed by atoms with Crippen molar-refractivity contribution in [2.24, 2.45) is 0 Å². The van der Waals surface area contributed by atoms with Gasteiger partial charge in [0.05, 0.1) is 11.3 Å². The molecule has 126 valence electrons. The number of halogens is 3. The smallest absolute Gasteiger partial charge is 0.340 e. The number of aromatic hydroxyl groups is 1. The van der Waals surface area contributed by atoms with Crippen LogP contribution in [0.15, 0.2) is 30.3 Å². The fraction of sp³-hybridized carbons (Fsp3) is 0.0667. The van der Waals surface area contributed by atoms with E-state index < -0.39 is 41.6 Å². The lowest BCUT2D eigenvalue weighted by atomic mass is 10.2. The number of nitrogens with two attached hydrogens (primary N) is 1. The van der Waals surface area contributed by atoms with Crippen molar-refractivity contribution >= 4 is 23.3 Å². The standard InChI is InChI=1S/C15H11F3N2O4/c16-9-2-4-11(14(18)13(9)17)20-12(22)6-24-15(23)8-5-7(21)1-3-10(8)19/h1-5,21H,6,19H2,(H,20,22). The van der Waals surface area contributed by atoms with E-state index in [0.29, 0.717) is 6.07 Å². The van der Waals surface area contributed by atoms with E-state index in [1.807, 2.05) is 5.32 Å². The van der Waals surface area contributed by atoms with Crippen molar-refractivity contribution in [3.63, 3.8) is 0 Å². The number of anilines is 2. The number of ether oxygens (including phenoxy) is 1. The molecule has 0 aliphatic heterocycles. The van der Waals surface area contributed by atoms with Crippen LogP contribution in [-0.2, 0) is 9.53 Å². The van der Waals surface area contributed by atoms with Crippen molar-refractivity contribution in [3.8, 4) is 5.75 Å². The lowest BCUT2D eigenvalue weighted by Gasteiger charge is -2.09. The third kappa shape index (κ3) is 3.75. The van der Waals surface area contributed by atoms with E-state index in [0.717, 1.165) is 12.1 Å². The lowest BCUT2D eigenvalue weighted by molar-refractivity contribution is -0.119. The van der Waals surface area contributed by atoms with E-state index in [9.17, 15) is 27.9 Å². The summed E-state index contributed by atoms with van der Waals surface area (Å²) in [4.78, 5) is 23.4. The molecule has 0 aliphatic rings. The first-order valence-corrected chi connectivity index (χ1v) is 6.48. The Morgan fingerprint density at radius 2 is 1.83 bits per heavy atom. The number of phenols is 1. The average Bonchev–Trinajstić information content (AvgIpc) is 2.55. The minimum absolute atomic E-state index is 0.0184. The van der Waals surface area contributed by atoms with E-state index in [-0.39, 0.29) is 17.0 Å². The van der Waals surface area contributed by atoms with Gasteiger partial charge in [-0.3, -0.25) is 4.79 Å². The molecule has 0 unspecified atom stereocenters. The maximum Gasteiger partial charge on any atom is 0.340 e. The van der Waals surface area contributed by atoms with Gasteiger partial charge in [-0.1, -0.05) is 0 Å². The zero-order valence-corrected chi connectivity index (χ0v) is 12.0. The normalized spacial score (nSPS) is 10.3. The molecule has 0 atom stereocenters. The minimum atomic E-state index is -1.74. The molecule has 0 radical (unpaired) electrons. The molecule has 4 N–H and O–H groups in total. The Morgan fingerprint density at radius 1 is 1.12 bits per heavy atom. The number of nitrogen functional groups attached to an aromatic ring is 1. The van der Waals surface area contributed by atoms with Crippen molar-refractivity contribution in [1.29, 1.82) is 0 Å². The summed E-state index contributed by atoms with van der Waals surface area (Å²) in [7, 11) is 0. The van der Waals surface area contributed by atoms with Crippen LogP contribution in [0.3, 0.4) is 0 Å². The molecule has 0 aliphatic carbocycles. The highest BCUT2D eigenvalue weighted by atomic mass is 19.2. The summed E-state index contributed by atoms with van der Waals surface area (Å²) >= 11 is 0. The second kappa shape index (κ2) is 6.90. The molecule has 2 rings (SSSR count). The van der Waals surface area contributed by atoms with E-state index in [2.05, 4.69) is 4.74 Å². The number of rotatable bonds is 4. The quantitative estimate of drug-likeness (QED) is 0.343. The SMILES string of the molecule is Nc1ccc(O)cc1C(=O)OCC(=O)Nc1ccc(F)c(F)c1F. The molecular weight excluding hydrogens is 329 g/mol. The van der Waals surface area contributed by atoms with Crippen molar-refractivity contribution < 1.29 is 32.6 Å². The molecule has 2 aromatic carbocycles. The van der Waals surface area contributed by atoms with Gasteiger partial charge >= 0.3 is 5.97 Å². The van der Waals surface area contributed by atoms with Crippen LogP contribution in [0, 0.1) is 17.5 Å². The molecular formula is C15H11F3N2O4. The second-order valence-electron chi connectivity index (χ2n) is 4.62. The highest BCUT2D eigenvalue weighted by Gasteiger charge is 2.17. The average molecular weight is 340 g/mol. The van der Waals surface area contributed by atoms with Crippen LogP contribution in [0.25, 0.3) is 0 Å². The van der Waals surface area contributed by atoms with Gasteiger partial charge in [0.1, 0.15) is 5.75 Å². The topological polar surface area (TPSA) is 102 Å². The first-order chi connectivity index (χ1) is 11.3. The molecule has 0 aromatic heterocycles. The van der Waals surface area contributed by atoms with E-state index in [1.54, 1.807) is 0 Å². The molecule has 1 amide bonds. The molecule has 0 bridgehead atoms. The number of carbonyl (C=O) groups is 2. The Hall–Kier alpha value is -3.23. The summed E-state index contributed by atoms with van der Waals surface area (Å²) in [6, 6.07) is 5.02. The Kier molecular flexibility index (Phi) is 4.93. The van der Waals surface area contributed by atoms with Crippen LogP contribution < -0.4 is 11.1 Å². The number of nitrogens with one attached hydrogen (secondary N) is 1. The van der Waals surface area contributed by atoms with E-state index in [1.165, 1.54) is 12.1 Å². The Morgan fingerprint density at radius 3 is 2.54 bits per heavy atom. The van der Waals surface area contributed by atoms with Crippen LogP contribution in [0.4, 0.5) is 24.5 Å². The zero-order chi connectivity index (χ0) is 17.9. The van der Waals surface area contributed by atoms with Crippen LogP contribution in [-0.4, -0.2) is 23.6 Å². The fourth-order valence-corrected chi connectivity index (χ4v) is 1.74. The molecule has 0 saturated carbocycles. The van der Waals surface area contributed by atoms with Gasteiger partial charge < -0.3 is 20.9 Å². The number of amides is 1. The van der Waals surface area contributed by atoms with Crippen LogP contribution in [0.5, 0.6) is 5.75 Å². The largest absolute Gasteiger partial charge is 0.508 e. The van der Waals surface area contributed by atoms with Gasteiger partial charge in [-0.05, 0) is 30.3 Å². The maximum atomic E-state index is 13.4. The van der Waals surface area contributed by atoms with Crippen molar-refractivity contribution in [3.05, 3.63) is 53.3 Å². The molecule has 0 fully saturated rings. The van der Waals surface area contributed by atoms with Gasteiger partial charge in [-0.25, -0.2) is 18.0 Å². The summed E-state index contributed by atoms with van der Waals surface area (Å²) in [6.45, 7) is -0.827. The summed E-state index contributed by atoms with van der Waals surface area (Å²) in [5, 5.41) is 11.2. The van der Waals surface area contributed by atoms with Gasteiger partial charge in [0.2, 0.25) is 0 Å². The monoisotopic (exact) mass is 340 g/mol. The Balaban J connectivity index is 2.00. The summed E-state index contributed by atoms with van der Waals surface area (Å²) in [5.74, 6) is -6.93. The number of benzene rings is 2. The van der Waals surface area contributed by atoms with Crippen LogP contribution in [0.1, 0.15) is 10.4 Å². The number of phenolic OH excluding ortho intramolecular Hbond substituents is 1. The van der Waals surface area contributed by atoms with Gasteiger partial charge in [0.25, 0.3) is 5.91 Å². The zero-order valence-electron chi connectivity index (χ0n) is 12.0.